The van der Waals surface area contributed by atoms with Gasteiger partial charge in [0.15, 0.2) is 0 Å². The van der Waals surface area contributed by atoms with Gasteiger partial charge in [0, 0.05) is 13.0 Å². The molecule has 1 aliphatic carbocycles. The van der Waals surface area contributed by atoms with Crippen LogP contribution in [0.2, 0.25) is 0 Å². The molecule has 1 fully saturated rings. The van der Waals surface area contributed by atoms with Crippen LogP contribution in [0.25, 0.3) is 0 Å². The van der Waals surface area contributed by atoms with Crippen molar-refractivity contribution in [1.82, 2.24) is 4.90 Å². The lowest BCUT2D eigenvalue weighted by Crippen LogP contribution is -2.47. The highest BCUT2D eigenvalue weighted by Gasteiger charge is 2.38. The van der Waals surface area contributed by atoms with Gasteiger partial charge in [-0.25, -0.2) is 4.79 Å². The first-order chi connectivity index (χ1) is 9.29. The quantitative estimate of drug-likeness (QED) is 0.745. The minimum absolute atomic E-state index is 0.0378. The normalized spacial score (nSPS) is 28.1. The standard InChI is InChI=1S/C16H29NO3/c1-10(2)13-8-7-11(3)9-14(13)15(18)17(5)12(4)16(19)20-6/h10-14H,7-9H2,1-6H3/t11-,12?,13+,14-/m1/s1. The van der Waals surface area contributed by atoms with E-state index in [0.29, 0.717) is 17.8 Å². The number of rotatable bonds is 4. The highest BCUT2D eigenvalue weighted by Crippen LogP contribution is 2.39. The summed E-state index contributed by atoms with van der Waals surface area (Å²) < 4.78 is 4.73. The van der Waals surface area contributed by atoms with Crippen molar-refractivity contribution in [1.29, 1.82) is 0 Å². The molecule has 0 radical (unpaired) electrons. The van der Waals surface area contributed by atoms with E-state index >= 15 is 0 Å². The molecule has 1 amide bonds. The predicted octanol–water partition coefficient (Wildman–Crippen LogP) is 2.71. The molecule has 1 saturated carbocycles. The molecule has 0 heterocycles. The summed E-state index contributed by atoms with van der Waals surface area (Å²) in [4.78, 5) is 25.9. The summed E-state index contributed by atoms with van der Waals surface area (Å²) in [5, 5.41) is 0. The summed E-state index contributed by atoms with van der Waals surface area (Å²) in [6, 6.07) is -0.516. The van der Waals surface area contributed by atoms with E-state index in [1.807, 2.05) is 0 Å². The zero-order chi connectivity index (χ0) is 15.4. The number of amides is 1. The second-order valence-corrected chi connectivity index (χ2v) is 6.58. The maximum atomic E-state index is 12.7. The van der Waals surface area contributed by atoms with Gasteiger partial charge in [-0.15, -0.1) is 0 Å². The first-order valence-corrected chi connectivity index (χ1v) is 7.64. The highest BCUT2D eigenvalue weighted by atomic mass is 16.5. The minimum Gasteiger partial charge on any atom is -0.467 e. The van der Waals surface area contributed by atoms with Gasteiger partial charge >= 0.3 is 5.97 Å². The SMILES string of the molecule is COC(=O)C(C)N(C)C(=O)[C@@H]1C[C@H](C)CC[C@H]1C(C)C. The van der Waals surface area contributed by atoms with E-state index in [2.05, 4.69) is 20.8 Å². The van der Waals surface area contributed by atoms with E-state index in [1.165, 1.54) is 13.5 Å². The number of likely N-dealkylation sites (N-methyl/N-ethyl adjacent to an activating group) is 1. The summed E-state index contributed by atoms with van der Waals surface area (Å²) in [5.41, 5.74) is 0. The number of ether oxygens (including phenoxy) is 1. The molecule has 0 spiro atoms. The summed E-state index contributed by atoms with van der Waals surface area (Å²) in [5.74, 6) is 1.28. The highest BCUT2D eigenvalue weighted by molar-refractivity contribution is 5.85. The lowest BCUT2D eigenvalue weighted by molar-refractivity contribution is -0.154. The molecule has 4 atom stereocenters. The molecule has 0 aromatic rings. The van der Waals surface area contributed by atoms with E-state index in [9.17, 15) is 9.59 Å². The molecule has 4 heteroatoms. The Bertz CT molecular complexity index is 354. The predicted molar refractivity (Wildman–Crippen MR) is 79.1 cm³/mol. The van der Waals surface area contributed by atoms with Crippen molar-refractivity contribution in [3.8, 4) is 0 Å². The maximum Gasteiger partial charge on any atom is 0.328 e. The third-order valence-corrected chi connectivity index (χ3v) is 4.81. The molecule has 20 heavy (non-hydrogen) atoms. The fourth-order valence-corrected chi connectivity index (χ4v) is 3.27. The number of carbonyl (C=O) groups is 2. The van der Waals surface area contributed by atoms with Crippen molar-refractivity contribution in [2.45, 2.75) is 53.0 Å². The van der Waals surface area contributed by atoms with Crippen molar-refractivity contribution >= 4 is 11.9 Å². The van der Waals surface area contributed by atoms with Crippen LogP contribution in [0.1, 0.15) is 47.0 Å². The molecule has 0 N–H and O–H groups in total. The van der Waals surface area contributed by atoms with Crippen molar-refractivity contribution in [3.05, 3.63) is 0 Å². The summed E-state index contributed by atoms with van der Waals surface area (Å²) >= 11 is 0. The number of esters is 1. The Morgan fingerprint density at radius 2 is 1.80 bits per heavy atom. The molecular formula is C16H29NO3. The number of carbonyl (C=O) groups excluding carboxylic acids is 2. The monoisotopic (exact) mass is 283 g/mol. The first kappa shape index (κ1) is 17.0. The van der Waals surface area contributed by atoms with Crippen LogP contribution >= 0.6 is 0 Å². The summed E-state index contributed by atoms with van der Waals surface area (Å²) in [6.45, 7) is 8.30. The Hall–Kier alpha value is -1.06. The van der Waals surface area contributed by atoms with Gasteiger partial charge in [0.05, 0.1) is 7.11 Å². The van der Waals surface area contributed by atoms with E-state index in [-0.39, 0.29) is 17.8 Å². The van der Waals surface area contributed by atoms with Gasteiger partial charge < -0.3 is 9.64 Å². The second-order valence-electron chi connectivity index (χ2n) is 6.58. The largest absolute Gasteiger partial charge is 0.467 e. The fraction of sp³-hybridized carbons (Fsp3) is 0.875. The Kier molecular flexibility index (Phi) is 6.03. The van der Waals surface area contributed by atoms with Crippen LogP contribution in [-0.4, -0.2) is 37.0 Å². The van der Waals surface area contributed by atoms with Crippen molar-refractivity contribution in [2.24, 2.45) is 23.7 Å². The molecule has 0 aromatic heterocycles. The zero-order valence-corrected chi connectivity index (χ0v) is 13.7. The molecule has 0 aliphatic heterocycles. The second kappa shape index (κ2) is 7.09. The van der Waals surface area contributed by atoms with Crippen LogP contribution in [0.5, 0.6) is 0 Å². The van der Waals surface area contributed by atoms with E-state index in [0.717, 1.165) is 12.8 Å². The van der Waals surface area contributed by atoms with Crippen LogP contribution < -0.4 is 0 Å². The van der Waals surface area contributed by atoms with Crippen molar-refractivity contribution in [3.63, 3.8) is 0 Å². The Morgan fingerprint density at radius 3 is 2.30 bits per heavy atom. The Balaban J connectivity index is 2.83. The van der Waals surface area contributed by atoms with Gasteiger partial charge in [0.2, 0.25) is 5.91 Å². The van der Waals surface area contributed by atoms with E-state index in [1.54, 1.807) is 18.9 Å². The first-order valence-electron chi connectivity index (χ1n) is 7.64. The molecule has 0 aromatic carbocycles. The Labute approximate surface area is 122 Å². The molecular weight excluding hydrogens is 254 g/mol. The van der Waals surface area contributed by atoms with E-state index in [4.69, 9.17) is 4.74 Å². The minimum atomic E-state index is -0.516. The molecule has 1 rings (SSSR count). The summed E-state index contributed by atoms with van der Waals surface area (Å²) in [6.07, 6.45) is 3.23. The van der Waals surface area contributed by atoms with Crippen LogP contribution in [0.4, 0.5) is 0 Å². The lowest BCUT2D eigenvalue weighted by Gasteiger charge is -2.39. The molecule has 1 aliphatic rings. The van der Waals surface area contributed by atoms with Crippen LogP contribution in [-0.2, 0) is 14.3 Å². The van der Waals surface area contributed by atoms with Crippen LogP contribution in [0, 0.1) is 23.7 Å². The number of methoxy groups -OCH3 is 1. The third kappa shape index (κ3) is 3.74. The lowest BCUT2D eigenvalue weighted by atomic mass is 9.69. The molecule has 0 saturated heterocycles. The van der Waals surface area contributed by atoms with E-state index < -0.39 is 6.04 Å². The smallest absolute Gasteiger partial charge is 0.328 e. The molecule has 1 unspecified atom stereocenters. The molecule has 4 nitrogen and oxygen atoms in total. The summed E-state index contributed by atoms with van der Waals surface area (Å²) in [7, 11) is 3.07. The number of hydrogen-bond donors (Lipinski definition) is 0. The van der Waals surface area contributed by atoms with Crippen LogP contribution in [0.3, 0.4) is 0 Å². The van der Waals surface area contributed by atoms with Gasteiger partial charge in [-0.3, -0.25) is 4.79 Å². The zero-order valence-electron chi connectivity index (χ0n) is 13.7. The topological polar surface area (TPSA) is 46.6 Å². The van der Waals surface area contributed by atoms with Gasteiger partial charge in [0.1, 0.15) is 6.04 Å². The number of nitrogens with zero attached hydrogens (tertiary/aromatic N) is 1. The van der Waals surface area contributed by atoms with Gasteiger partial charge in [-0.2, -0.15) is 0 Å². The van der Waals surface area contributed by atoms with Gasteiger partial charge in [-0.05, 0) is 37.5 Å². The fourth-order valence-electron chi connectivity index (χ4n) is 3.27. The maximum absolute atomic E-state index is 12.7. The molecule has 0 bridgehead atoms. The Morgan fingerprint density at radius 1 is 1.20 bits per heavy atom. The molecule has 116 valence electrons. The number of hydrogen-bond acceptors (Lipinski definition) is 3. The van der Waals surface area contributed by atoms with Gasteiger partial charge in [0.25, 0.3) is 0 Å². The average Bonchev–Trinajstić information content (AvgIpc) is 2.43. The van der Waals surface area contributed by atoms with Crippen LogP contribution in [0.15, 0.2) is 0 Å². The van der Waals surface area contributed by atoms with Crippen molar-refractivity contribution in [2.75, 3.05) is 14.2 Å². The average molecular weight is 283 g/mol. The third-order valence-electron chi connectivity index (χ3n) is 4.81. The van der Waals surface area contributed by atoms with Gasteiger partial charge in [-0.1, -0.05) is 27.2 Å². The van der Waals surface area contributed by atoms with Crippen molar-refractivity contribution < 1.29 is 14.3 Å².